The van der Waals surface area contributed by atoms with Crippen LogP contribution in [0.3, 0.4) is 0 Å². The van der Waals surface area contributed by atoms with Crippen molar-refractivity contribution in [3.8, 4) is 0 Å². The van der Waals surface area contributed by atoms with E-state index >= 15 is 0 Å². The third kappa shape index (κ3) is 3.71. The molecular formula is C15H26O4. The van der Waals surface area contributed by atoms with Crippen LogP contribution in [0.2, 0.25) is 0 Å². The number of carbonyl (C=O) groups is 2. The molecule has 2 atom stereocenters. The molecule has 1 saturated carbocycles. The minimum Gasteiger partial charge on any atom is -0.481 e. The zero-order valence-corrected chi connectivity index (χ0v) is 12.7. The fourth-order valence-corrected chi connectivity index (χ4v) is 2.19. The maximum absolute atomic E-state index is 12.3. The zero-order valence-electron chi connectivity index (χ0n) is 12.7. The second-order valence-electron chi connectivity index (χ2n) is 7.02. The Morgan fingerprint density at radius 3 is 1.89 bits per heavy atom. The van der Waals surface area contributed by atoms with Crippen LogP contribution in [0.15, 0.2) is 0 Å². The molecule has 0 saturated heterocycles. The van der Waals surface area contributed by atoms with E-state index in [4.69, 9.17) is 4.74 Å². The van der Waals surface area contributed by atoms with Crippen LogP contribution in [0.25, 0.3) is 0 Å². The Morgan fingerprint density at radius 2 is 1.47 bits per heavy atom. The van der Waals surface area contributed by atoms with Crippen molar-refractivity contribution in [3.05, 3.63) is 0 Å². The van der Waals surface area contributed by atoms with E-state index in [2.05, 4.69) is 0 Å². The third-order valence-electron chi connectivity index (χ3n) is 4.55. The largest absolute Gasteiger partial charge is 0.481 e. The quantitative estimate of drug-likeness (QED) is 0.800. The highest BCUT2D eigenvalue weighted by Gasteiger charge is 2.42. The molecule has 0 bridgehead atoms. The van der Waals surface area contributed by atoms with Crippen LogP contribution in [0, 0.1) is 17.3 Å². The summed E-state index contributed by atoms with van der Waals surface area (Å²) in [7, 11) is 0. The average Bonchev–Trinajstić information content (AvgIpc) is 2.26. The van der Waals surface area contributed by atoms with Gasteiger partial charge in [-0.05, 0) is 26.7 Å². The highest BCUT2D eigenvalue weighted by atomic mass is 16.6. The molecule has 19 heavy (non-hydrogen) atoms. The number of hydrogen-bond acceptors (Lipinski definition) is 3. The van der Waals surface area contributed by atoms with E-state index in [0.29, 0.717) is 12.8 Å². The number of carboxylic acid groups (broad SMARTS) is 1. The molecule has 110 valence electrons. The van der Waals surface area contributed by atoms with E-state index in [-0.39, 0.29) is 11.4 Å². The molecule has 0 aromatic heterocycles. The predicted molar refractivity (Wildman–Crippen MR) is 72.7 cm³/mol. The van der Waals surface area contributed by atoms with E-state index in [1.165, 1.54) is 0 Å². The van der Waals surface area contributed by atoms with Crippen LogP contribution in [0.1, 0.15) is 60.3 Å². The Bertz CT molecular complexity index is 352. The van der Waals surface area contributed by atoms with Crippen LogP contribution >= 0.6 is 0 Å². The lowest BCUT2D eigenvalue weighted by Gasteiger charge is -2.40. The van der Waals surface area contributed by atoms with Crippen molar-refractivity contribution >= 4 is 11.9 Å². The monoisotopic (exact) mass is 270 g/mol. The number of hydrogen-bond donors (Lipinski definition) is 1. The van der Waals surface area contributed by atoms with Gasteiger partial charge in [-0.15, -0.1) is 0 Å². The normalized spacial score (nSPS) is 24.9. The summed E-state index contributed by atoms with van der Waals surface area (Å²) < 4.78 is 5.62. The fourth-order valence-electron chi connectivity index (χ4n) is 2.19. The van der Waals surface area contributed by atoms with Gasteiger partial charge in [0.25, 0.3) is 0 Å². The van der Waals surface area contributed by atoms with Gasteiger partial charge in [-0.3, -0.25) is 9.59 Å². The van der Waals surface area contributed by atoms with Crippen molar-refractivity contribution < 1.29 is 19.4 Å². The molecule has 0 aromatic rings. The lowest BCUT2D eigenvalue weighted by Crippen LogP contribution is -2.44. The summed E-state index contributed by atoms with van der Waals surface area (Å²) in [5, 5.41) is 9.21. The number of aliphatic carboxylic acids is 1. The standard InChI is InChI=1S/C15H26O4/c1-14(2,3)15(4,5)19-13(18)11-9-7-6-8-10(11)12(16)17/h10-11H,6-9H2,1-5H3,(H,16,17). The molecule has 0 aliphatic heterocycles. The summed E-state index contributed by atoms with van der Waals surface area (Å²) in [4.78, 5) is 23.5. The molecule has 1 fully saturated rings. The van der Waals surface area contributed by atoms with E-state index in [9.17, 15) is 14.7 Å². The molecule has 1 N–H and O–H groups in total. The van der Waals surface area contributed by atoms with Gasteiger partial charge in [-0.2, -0.15) is 0 Å². The summed E-state index contributed by atoms with van der Waals surface area (Å²) in [6.45, 7) is 9.79. The number of carbonyl (C=O) groups excluding carboxylic acids is 1. The second-order valence-corrected chi connectivity index (χ2v) is 7.02. The molecule has 0 amide bonds. The summed E-state index contributed by atoms with van der Waals surface area (Å²) in [6.07, 6.45) is 2.98. The third-order valence-corrected chi connectivity index (χ3v) is 4.55. The first-order valence-electron chi connectivity index (χ1n) is 7.02. The molecule has 1 aliphatic carbocycles. The first kappa shape index (κ1) is 16.0. The highest BCUT2D eigenvalue weighted by Crippen LogP contribution is 2.37. The van der Waals surface area contributed by atoms with Gasteiger partial charge in [0.05, 0.1) is 11.8 Å². The molecule has 1 rings (SSSR count). The van der Waals surface area contributed by atoms with Crippen LogP contribution in [-0.4, -0.2) is 22.6 Å². The van der Waals surface area contributed by atoms with E-state index in [1.807, 2.05) is 34.6 Å². The summed E-state index contributed by atoms with van der Waals surface area (Å²) in [5.74, 6) is -2.31. The molecule has 0 radical (unpaired) electrons. The molecule has 2 unspecified atom stereocenters. The van der Waals surface area contributed by atoms with E-state index in [1.54, 1.807) is 0 Å². The molecule has 0 heterocycles. The van der Waals surface area contributed by atoms with Crippen LogP contribution in [0.5, 0.6) is 0 Å². The van der Waals surface area contributed by atoms with Crippen molar-refractivity contribution in [1.29, 1.82) is 0 Å². The lowest BCUT2D eigenvalue weighted by atomic mass is 9.77. The second kappa shape index (κ2) is 5.51. The SMILES string of the molecule is CC(C)(C)C(C)(C)OC(=O)C1CCCCC1C(=O)O. The molecule has 0 spiro atoms. The Kier molecular flexibility index (Phi) is 4.64. The van der Waals surface area contributed by atoms with Crippen molar-refractivity contribution in [3.63, 3.8) is 0 Å². The van der Waals surface area contributed by atoms with Crippen molar-refractivity contribution in [2.45, 2.75) is 65.9 Å². The predicted octanol–water partition coefficient (Wildman–Crippen LogP) is 3.25. The maximum atomic E-state index is 12.3. The smallest absolute Gasteiger partial charge is 0.310 e. The molecule has 4 heteroatoms. The molecule has 0 aromatic carbocycles. The van der Waals surface area contributed by atoms with Gasteiger partial charge >= 0.3 is 11.9 Å². The number of rotatable bonds is 3. The van der Waals surface area contributed by atoms with Gasteiger partial charge in [0, 0.05) is 5.41 Å². The van der Waals surface area contributed by atoms with Gasteiger partial charge in [-0.25, -0.2) is 0 Å². The zero-order chi connectivity index (χ0) is 14.8. The lowest BCUT2D eigenvalue weighted by molar-refractivity contribution is -0.178. The fraction of sp³-hybridized carbons (Fsp3) is 0.867. The molecule has 1 aliphatic rings. The topological polar surface area (TPSA) is 63.6 Å². The summed E-state index contributed by atoms with van der Waals surface area (Å²) >= 11 is 0. The number of esters is 1. The highest BCUT2D eigenvalue weighted by molar-refractivity contribution is 5.81. The maximum Gasteiger partial charge on any atom is 0.310 e. The minimum absolute atomic E-state index is 0.184. The number of ether oxygens (including phenoxy) is 1. The van der Waals surface area contributed by atoms with Crippen LogP contribution < -0.4 is 0 Å². The Hall–Kier alpha value is -1.06. The molecule has 4 nitrogen and oxygen atoms in total. The summed E-state index contributed by atoms with van der Waals surface area (Å²) in [6, 6.07) is 0. The first-order valence-corrected chi connectivity index (χ1v) is 7.02. The van der Waals surface area contributed by atoms with Gasteiger partial charge in [0.15, 0.2) is 0 Å². The van der Waals surface area contributed by atoms with E-state index < -0.39 is 23.4 Å². The minimum atomic E-state index is -0.879. The first-order chi connectivity index (χ1) is 8.56. The van der Waals surface area contributed by atoms with Crippen LogP contribution in [0.4, 0.5) is 0 Å². The summed E-state index contributed by atoms with van der Waals surface area (Å²) in [5.41, 5.74) is -0.791. The van der Waals surface area contributed by atoms with Crippen molar-refractivity contribution in [2.24, 2.45) is 17.3 Å². The Labute approximate surface area is 115 Å². The van der Waals surface area contributed by atoms with E-state index in [0.717, 1.165) is 12.8 Å². The average molecular weight is 270 g/mol. The van der Waals surface area contributed by atoms with Crippen molar-refractivity contribution in [1.82, 2.24) is 0 Å². The number of carboxylic acids is 1. The van der Waals surface area contributed by atoms with Gasteiger partial charge in [0.1, 0.15) is 5.60 Å². The van der Waals surface area contributed by atoms with Gasteiger partial charge in [0.2, 0.25) is 0 Å². The van der Waals surface area contributed by atoms with Gasteiger partial charge < -0.3 is 9.84 Å². The Morgan fingerprint density at radius 1 is 1.00 bits per heavy atom. The Balaban J connectivity index is 2.79. The van der Waals surface area contributed by atoms with Crippen LogP contribution in [-0.2, 0) is 14.3 Å². The van der Waals surface area contributed by atoms with Gasteiger partial charge in [-0.1, -0.05) is 33.6 Å². The van der Waals surface area contributed by atoms with Crippen molar-refractivity contribution in [2.75, 3.05) is 0 Å². The molecular weight excluding hydrogens is 244 g/mol.